The maximum Gasteiger partial charge on any atom is 0.325 e. The molecule has 1 fully saturated rings. The molecule has 0 radical (unpaired) electrons. The number of urea groups is 1. The van der Waals surface area contributed by atoms with Gasteiger partial charge < -0.3 is 31.5 Å². The summed E-state index contributed by atoms with van der Waals surface area (Å²) in [5, 5.41) is 41.2. The average Bonchev–Trinajstić information content (AvgIpc) is 4.23. The molecule has 9 heterocycles. The van der Waals surface area contributed by atoms with E-state index in [2.05, 4.69) is 30.9 Å². The van der Waals surface area contributed by atoms with Crippen LogP contribution >= 0.6 is 68.0 Å². The van der Waals surface area contributed by atoms with Crippen molar-refractivity contribution in [3.8, 4) is 43.4 Å². The van der Waals surface area contributed by atoms with Crippen LogP contribution in [-0.2, 0) is 4.79 Å². The topological polar surface area (TPSA) is 298 Å². The Labute approximate surface area is 425 Å². The van der Waals surface area contributed by atoms with E-state index in [4.69, 9.17) is 25.7 Å². The molecule has 7 N–H and O–H groups in total. The fourth-order valence-electron chi connectivity index (χ4n) is 7.98. The van der Waals surface area contributed by atoms with Gasteiger partial charge in [0.25, 0.3) is 17.7 Å². The second-order valence-corrected chi connectivity index (χ2v) is 21.8. The molecule has 26 heteroatoms. The van der Waals surface area contributed by atoms with Gasteiger partial charge in [-0.05, 0) is 24.6 Å². The highest BCUT2D eigenvalue weighted by molar-refractivity contribution is 7.15. The van der Waals surface area contributed by atoms with E-state index in [1.807, 2.05) is 0 Å². The minimum Gasteiger partial charge on any atom is -0.391 e. The van der Waals surface area contributed by atoms with E-state index in [1.165, 1.54) is 44.3 Å². The van der Waals surface area contributed by atoms with E-state index in [0.717, 1.165) is 34.0 Å². The Morgan fingerprint density at radius 1 is 0.746 bits per heavy atom. The molecule has 2 aliphatic rings. The predicted octanol–water partition coefficient (Wildman–Crippen LogP) is 6.38. The largest absolute Gasteiger partial charge is 0.391 e. The number of primary amides is 1. The third-order valence-electron chi connectivity index (χ3n) is 11.6. The summed E-state index contributed by atoms with van der Waals surface area (Å²) in [6.07, 6.45) is -2.05. The van der Waals surface area contributed by atoms with Crippen LogP contribution in [0.2, 0.25) is 0 Å². The summed E-state index contributed by atoms with van der Waals surface area (Å²) in [6.45, 7) is 3.32. The molecule has 20 nitrogen and oxygen atoms in total. The van der Waals surface area contributed by atoms with Crippen molar-refractivity contribution < 1.29 is 39.0 Å². The zero-order chi connectivity index (χ0) is 49.7. The van der Waals surface area contributed by atoms with Crippen LogP contribution in [0.3, 0.4) is 0 Å². The maximum atomic E-state index is 14.2. The summed E-state index contributed by atoms with van der Waals surface area (Å²) < 4.78 is 0. The van der Waals surface area contributed by atoms with Crippen LogP contribution in [0.15, 0.2) is 69.4 Å². The summed E-state index contributed by atoms with van der Waals surface area (Å²) in [6, 6.07) is 8.16. The number of aliphatic hydroxyl groups excluding tert-OH is 2. The lowest BCUT2D eigenvalue weighted by atomic mass is 10.0. The van der Waals surface area contributed by atoms with Gasteiger partial charge in [0.15, 0.2) is 6.29 Å². The summed E-state index contributed by atoms with van der Waals surface area (Å²) in [7, 11) is 0. The van der Waals surface area contributed by atoms with Crippen LogP contribution in [0.25, 0.3) is 43.4 Å². The first-order valence-electron chi connectivity index (χ1n) is 21.4. The standard InChI is InChI=1S/C45H36N12O8S6/c1-18-29(59)11-57-34(18)44-53-28(17-70-44)41-50-25(14-68-41)32-22(8-9-23(48-32)40-47-21(12-58)13-66-40)39-51-26(15-67-39)36(62)49-24(10-30(46)60)42-55-31(19(2)71-42)38(64)54-33(35(61)20-6-4-3-5-7-20)43-52-27(16-69-43)37(63)56-45(57)65/h3-9,12-18,24,29,33-35,59,61H,10-11H2,1-2H3,(H2,46,60)(H,49,62)(H,54,64)(H,56,63,65). The number of carbonyl (C=O) groups is 6. The van der Waals surface area contributed by atoms with Gasteiger partial charge >= 0.3 is 6.03 Å². The number of pyridine rings is 1. The zero-order valence-corrected chi connectivity index (χ0v) is 41.7. The molecule has 1 aromatic carbocycles. The minimum absolute atomic E-state index is 0.00597. The predicted molar refractivity (Wildman–Crippen MR) is 266 cm³/mol. The molecule has 6 atom stereocenters. The SMILES string of the molecule is Cc1sc2nc1C(=O)NC(C(O)c1ccccc1)c1nc(cs1)C(=O)NC(=O)N1CC(O)C(C)C1c1nc(cs1)-c1nc(cs1)-c1nc(-c3nc(C=O)cs3)ccc1-c1nc(cs1)C(=O)NC2CC(N)=O. The monoisotopic (exact) mass is 1060 g/mol. The van der Waals surface area contributed by atoms with Crippen molar-refractivity contribution in [1.29, 1.82) is 0 Å². The number of imide groups is 1. The number of fused-ring (bicyclic) bond motifs is 16. The molecule has 0 spiro atoms. The minimum atomic E-state index is -1.38. The Kier molecular flexibility index (Phi) is 13.3. The number of aromatic nitrogens is 7. The first-order chi connectivity index (χ1) is 34.2. The second kappa shape index (κ2) is 19.7. The summed E-state index contributed by atoms with van der Waals surface area (Å²) >= 11 is 6.98. The van der Waals surface area contributed by atoms with Crippen LogP contribution in [0.5, 0.6) is 0 Å². The van der Waals surface area contributed by atoms with Crippen LogP contribution in [0.1, 0.15) is 105 Å². The van der Waals surface area contributed by atoms with Crippen LogP contribution in [-0.4, -0.2) is 98.6 Å². The summed E-state index contributed by atoms with van der Waals surface area (Å²) in [4.78, 5) is 115. The number of nitrogens with zero attached hydrogens (tertiary/aromatic N) is 8. The number of hydrogen-bond acceptors (Lipinski definition) is 21. The van der Waals surface area contributed by atoms with Crippen LogP contribution in [0, 0.1) is 12.8 Å². The van der Waals surface area contributed by atoms with E-state index in [0.29, 0.717) is 65.1 Å². The molecule has 360 valence electrons. The van der Waals surface area contributed by atoms with Crippen molar-refractivity contribution in [2.45, 2.75) is 50.6 Å². The van der Waals surface area contributed by atoms with Crippen molar-refractivity contribution in [3.05, 3.63) is 118 Å². The fraction of sp³-hybridized carbons (Fsp3) is 0.222. The molecule has 10 rings (SSSR count). The van der Waals surface area contributed by atoms with Gasteiger partial charge in [0.05, 0.1) is 30.3 Å². The molecule has 0 saturated carbocycles. The summed E-state index contributed by atoms with van der Waals surface area (Å²) in [5.41, 5.74) is 8.40. The number of thiazole rings is 6. The third kappa shape index (κ3) is 9.54. The molecule has 6 unspecified atom stereocenters. The first-order valence-corrected chi connectivity index (χ1v) is 26.6. The Morgan fingerprint density at radius 3 is 2.20 bits per heavy atom. The van der Waals surface area contributed by atoms with Gasteiger partial charge in [-0.1, -0.05) is 37.3 Å². The molecule has 6 amide bonds. The van der Waals surface area contributed by atoms with Crippen molar-refractivity contribution >= 4 is 104 Å². The van der Waals surface area contributed by atoms with Crippen LogP contribution < -0.4 is 21.7 Å². The van der Waals surface area contributed by atoms with E-state index in [-0.39, 0.29) is 45.8 Å². The first kappa shape index (κ1) is 47.8. The molecular formula is C45H36N12O8S6. The highest BCUT2D eigenvalue weighted by atomic mass is 32.1. The molecule has 71 heavy (non-hydrogen) atoms. The van der Waals surface area contributed by atoms with E-state index >= 15 is 0 Å². The fourth-order valence-corrected chi connectivity index (χ4v) is 13.3. The van der Waals surface area contributed by atoms with Gasteiger partial charge in [0.1, 0.15) is 82.0 Å². The number of aliphatic hydroxyl groups is 2. The number of amides is 6. The molecule has 1 saturated heterocycles. The van der Waals surface area contributed by atoms with E-state index in [1.54, 1.807) is 77.8 Å². The number of benzene rings is 1. The molecule has 7 aromatic heterocycles. The zero-order valence-electron chi connectivity index (χ0n) is 36.8. The molecule has 10 bridgehead atoms. The normalized spacial score (nSPS) is 19.9. The number of nitrogens with one attached hydrogen (secondary N) is 3. The van der Waals surface area contributed by atoms with Gasteiger partial charge in [-0.25, -0.2) is 39.7 Å². The number of hydrogen-bond donors (Lipinski definition) is 6. The summed E-state index contributed by atoms with van der Waals surface area (Å²) in [5.74, 6) is -3.48. The highest BCUT2D eigenvalue weighted by Gasteiger charge is 2.44. The lowest BCUT2D eigenvalue weighted by molar-refractivity contribution is -0.118. The molecule has 2 aliphatic heterocycles. The van der Waals surface area contributed by atoms with E-state index in [9.17, 15) is 39.0 Å². The Hall–Kier alpha value is -6.91. The Morgan fingerprint density at radius 2 is 1.42 bits per heavy atom. The smallest absolute Gasteiger partial charge is 0.325 e. The lowest BCUT2D eigenvalue weighted by Gasteiger charge is -2.24. The number of rotatable bonds is 6. The number of aldehydes is 1. The maximum absolute atomic E-state index is 14.2. The van der Waals surface area contributed by atoms with Crippen molar-refractivity contribution in [2.75, 3.05) is 6.54 Å². The quantitative estimate of drug-likeness (QED) is 0.0985. The molecular weight excluding hydrogens is 1030 g/mol. The molecule has 8 aromatic rings. The van der Waals surface area contributed by atoms with Gasteiger partial charge in [0, 0.05) is 49.8 Å². The molecule has 0 aliphatic carbocycles. The second-order valence-electron chi connectivity index (χ2n) is 16.2. The van der Waals surface area contributed by atoms with E-state index < -0.39 is 65.9 Å². The van der Waals surface area contributed by atoms with Crippen molar-refractivity contribution in [2.24, 2.45) is 11.7 Å². The van der Waals surface area contributed by atoms with Crippen molar-refractivity contribution in [3.63, 3.8) is 0 Å². The van der Waals surface area contributed by atoms with Gasteiger partial charge in [-0.2, -0.15) is 0 Å². The number of nitrogens with two attached hydrogens (primary N) is 1. The van der Waals surface area contributed by atoms with Gasteiger partial charge in [0.2, 0.25) is 5.91 Å². The Bertz CT molecular complexity index is 3380. The number of carbonyl (C=O) groups excluding carboxylic acids is 6. The van der Waals surface area contributed by atoms with Gasteiger partial charge in [-0.3, -0.25) is 29.3 Å². The highest BCUT2D eigenvalue weighted by Crippen LogP contribution is 2.42. The van der Waals surface area contributed by atoms with Crippen molar-refractivity contribution in [1.82, 2.24) is 55.7 Å². The third-order valence-corrected chi connectivity index (χ3v) is 17.1. The lowest BCUT2D eigenvalue weighted by Crippen LogP contribution is -2.43. The van der Waals surface area contributed by atoms with Crippen LogP contribution in [0.4, 0.5) is 4.79 Å². The Balaban J connectivity index is 1.06. The van der Waals surface area contributed by atoms with Gasteiger partial charge in [-0.15, -0.1) is 68.0 Å². The number of aryl methyl sites for hydroxylation is 1. The average molecular weight is 1070 g/mol.